The molecule has 1 aromatic carbocycles. The standard InChI is InChI=1S/C18H18FN5O2/c1-11-15-7-12(9-20-17(15)24(3)22-11)18(26)23(2)10-16(25)21-14-6-4-5-13(19)8-14/h4-9H,10H2,1-3H3,(H,21,25). The fraction of sp³-hybridized carbons (Fsp3) is 0.222. The van der Waals surface area contributed by atoms with Crippen LogP contribution in [0.15, 0.2) is 36.5 Å². The van der Waals surface area contributed by atoms with Crippen LogP contribution in [0.5, 0.6) is 0 Å². The summed E-state index contributed by atoms with van der Waals surface area (Å²) >= 11 is 0. The van der Waals surface area contributed by atoms with Crippen molar-refractivity contribution in [2.24, 2.45) is 7.05 Å². The molecule has 26 heavy (non-hydrogen) atoms. The van der Waals surface area contributed by atoms with Crippen molar-refractivity contribution in [1.29, 1.82) is 0 Å². The summed E-state index contributed by atoms with van der Waals surface area (Å²) in [5.74, 6) is -1.20. The lowest BCUT2D eigenvalue weighted by molar-refractivity contribution is -0.116. The van der Waals surface area contributed by atoms with E-state index < -0.39 is 11.7 Å². The second-order valence-corrected chi connectivity index (χ2v) is 6.02. The maximum absolute atomic E-state index is 13.2. The van der Waals surface area contributed by atoms with Crippen molar-refractivity contribution >= 4 is 28.5 Å². The highest BCUT2D eigenvalue weighted by Gasteiger charge is 2.17. The van der Waals surface area contributed by atoms with Gasteiger partial charge in [-0.25, -0.2) is 9.37 Å². The molecule has 8 heteroatoms. The molecule has 3 aromatic rings. The summed E-state index contributed by atoms with van der Waals surface area (Å²) < 4.78 is 14.8. The first kappa shape index (κ1) is 17.5. The average Bonchev–Trinajstić information content (AvgIpc) is 2.88. The highest BCUT2D eigenvalue weighted by Crippen LogP contribution is 2.17. The number of aryl methyl sites for hydroxylation is 2. The molecule has 2 heterocycles. The second-order valence-electron chi connectivity index (χ2n) is 6.02. The number of anilines is 1. The SMILES string of the molecule is Cc1nn(C)c2ncc(C(=O)N(C)CC(=O)Nc3cccc(F)c3)cc12. The van der Waals surface area contributed by atoms with Gasteiger partial charge in [0.25, 0.3) is 5.91 Å². The molecule has 0 fully saturated rings. The smallest absolute Gasteiger partial charge is 0.255 e. The molecule has 0 saturated heterocycles. The number of pyridine rings is 1. The lowest BCUT2D eigenvalue weighted by Gasteiger charge is -2.17. The topological polar surface area (TPSA) is 80.1 Å². The third-order valence-corrected chi connectivity index (χ3v) is 3.95. The maximum atomic E-state index is 13.2. The van der Waals surface area contributed by atoms with E-state index in [2.05, 4.69) is 15.4 Å². The largest absolute Gasteiger partial charge is 0.332 e. The molecule has 0 aliphatic rings. The molecule has 0 unspecified atom stereocenters. The summed E-state index contributed by atoms with van der Waals surface area (Å²) in [7, 11) is 3.31. The minimum absolute atomic E-state index is 0.167. The van der Waals surface area contributed by atoms with Gasteiger partial charge in [-0.15, -0.1) is 0 Å². The Morgan fingerprint density at radius 3 is 2.81 bits per heavy atom. The Bertz CT molecular complexity index is 998. The van der Waals surface area contributed by atoms with Gasteiger partial charge in [0.15, 0.2) is 5.65 Å². The van der Waals surface area contributed by atoms with Gasteiger partial charge in [-0.2, -0.15) is 5.10 Å². The van der Waals surface area contributed by atoms with Crippen molar-refractivity contribution in [3.8, 4) is 0 Å². The number of hydrogen-bond acceptors (Lipinski definition) is 4. The first-order valence-corrected chi connectivity index (χ1v) is 7.95. The first-order chi connectivity index (χ1) is 12.3. The molecule has 0 saturated carbocycles. The minimum atomic E-state index is -0.446. The van der Waals surface area contributed by atoms with Crippen LogP contribution >= 0.6 is 0 Å². The van der Waals surface area contributed by atoms with Crippen molar-refractivity contribution in [2.45, 2.75) is 6.92 Å². The number of likely N-dealkylation sites (N-methyl/N-ethyl adjacent to an activating group) is 1. The summed E-state index contributed by atoms with van der Waals surface area (Å²) in [6.07, 6.45) is 1.47. The van der Waals surface area contributed by atoms with Crippen LogP contribution in [0.4, 0.5) is 10.1 Å². The number of benzene rings is 1. The van der Waals surface area contributed by atoms with Crippen molar-refractivity contribution < 1.29 is 14.0 Å². The van der Waals surface area contributed by atoms with Gasteiger partial charge in [0.05, 0.1) is 17.8 Å². The van der Waals surface area contributed by atoms with Crippen LogP contribution in [0.2, 0.25) is 0 Å². The molecule has 0 spiro atoms. The fourth-order valence-corrected chi connectivity index (χ4v) is 2.70. The zero-order valence-corrected chi connectivity index (χ0v) is 14.7. The first-order valence-electron chi connectivity index (χ1n) is 7.95. The van der Waals surface area contributed by atoms with Crippen molar-refractivity contribution in [1.82, 2.24) is 19.7 Å². The zero-order chi connectivity index (χ0) is 18.8. The van der Waals surface area contributed by atoms with E-state index in [9.17, 15) is 14.0 Å². The summed E-state index contributed by atoms with van der Waals surface area (Å²) in [5.41, 5.74) is 2.17. The number of fused-ring (bicyclic) bond motifs is 1. The summed E-state index contributed by atoms with van der Waals surface area (Å²) in [4.78, 5) is 30.2. The number of nitrogens with one attached hydrogen (secondary N) is 1. The zero-order valence-electron chi connectivity index (χ0n) is 14.7. The van der Waals surface area contributed by atoms with E-state index in [1.165, 1.54) is 36.3 Å². The maximum Gasteiger partial charge on any atom is 0.255 e. The van der Waals surface area contributed by atoms with Gasteiger partial charge in [-0.3, -0.25) is 14.3 Å². The molecule has 0 radical (unpaired) electrons. The molecule has 2 aromatic heterocycles. The highest BCUT2D eigenvalue weighted by molar-refractivity contribution is 6.00. The van der Waals surface area contributed by atoms with Gasteiger partial charge >= 0.3 is 0 Å². The number of carbonyl (C=O) groups excluding carboxylic acids is 2. The lowest BCUT2D eigenvalue weighted by atomic mass is 10.2. The Labute approximate surface area is 149 Å². The number of carbonyl (C=O) groups is 2. The van der Waals surface area contributed by atoms with Crippen LogP contribution in [0.1, 0.15) is 16.1 Å². The molecule has 0 atom stereocenters. The molecule has 2 amide bonds. The Hall–Kier alpha value is -3.29. The number of hydrogen-bond donors (Lipinski definition) is 1. The molecule has 0 aliphatic carbocycles. The van der Waals surface area contributed by atoms with Crippen LogP contribution in [0.25, 0.3) is 11.0 Å². The van der Waals surface area contributed by atoms with Gasteiger partial charge in [0.2, 0.25) is 5.91 Å². The van der Waals surface area contributed by atoms with E-state index in [1.54, 1.807) is 23.9 Å². The van der Waals surface area contributed by atoms with E-state index in [-0.39, 0.29) is 12.5 Å². The highest BCUT2D eigenvalue weighted by atomic mass is 19.1. The Balaban J connectivity index is 1.71. The molecule has 134 valence electrons. The summed E-state index contributed by atoms with van der Waals surface area (Å²) in [6.45, 7) is 1.67. The molecule has 0 aliphatic heterocycles. The predicted octanol–water partition coefficient (Wildman–Crippen LogP) is 2.13. The number of nitrogens with zero attached hydrogens (tertiary/aromatic N) is 4. The van der Waals surface area contributed by atoms with E-state index in [4.69, 9.17) is 0 Å². The normalized spacial score (nSPS) is 10.8. The number of aromatic nitrogens is 3. The second kappa shape index (κ2) is 6.91. The van der Waals surface area contributed by atoms with Gasteiger partial charge in [-0.1, -0.05) is 6.07 Å². The van der Waals surface area contributed by atoms with Crippen molar-refractivity contribution in [3.63, 3.8) is 0 Å². The third kappa shape index (κ3) is 3.53. The minimum Gasteiger partial charge on any atom is -0.332 e. The quantitative estimate of drug-likeness (QED) is 0.777. The van der Waals surface area contributed by atoms with E-state index >= 15 is 0 Å². The summed E-state index contributed by atoms with van der Waals surface area (Å²) in [5, 5.41) is 7.62. The van der Waals surface area contributed by atoms with Crippen molar-refractivity contribution in [2.75, 3.05) is 18.9 Å². The summed E-state index contributed by atoms with van der Waals surface area (Å²) in [6, 6.07) is 7.29. The Morgan fingerprint density at radius 1 is 1.31 bits per heavy atom. The van der Waals surface area contributed by atoms with Crippen LogP contribution < -0.4 is 5.32 Å². The van der Waals surface area contributed by atoms with Crippen LogP contribution in [0.3, 0.4) is 0 Å². The van der Waals surface area contributed by atoms with Gasteiger partial charge < -0.3 is 10.2 Å². The van der Waals surface area contributed by atoms with Gasteiger partial charge in [0.1, 0.15) is 5.82 Å². The molecule has 7 nitrogen and oxygen atoms in total. The van der Waals surface area contributed by atoms with Gasteiger partial charge in [0, 0.05) is 31.4 Å². The number of rotatable bonds is 4. The Morgan fingerprint density at radius 2 is 2.08 bits per heavy atom. The van der Waals surface area contributed by atoms with Crippen LogP contribution in [-0.4, -0.2) is 45.1 Å². The Kier molecular flexibility index (Phi) is 4.66. The van der Waals surface area contributed by atoms with E-state index in [0.29, 0.717) is 16.9 Å². The molecule has 1 N–H and O–H groups in total. The fourth-order valence-electron chi connectivity index (χ4n) is 2.70. The lowest BCUT2D eigenvalue weighted by Crippen LogP contribution is -2.35. The average molecular weight is 355 g/mol. The number of halogens is 1. The third-order valence-electron chi connectivity index (χ3n) is 3.95. The van der Waals surface area contributed by atoms with Crippen molar-refractivity contribution in [3.05, 3.63) is 53.6 Å². The molecule has 3 rings (SSSR count). The van der Waals surface area contributed by atoms with Crippen LogP contribution in [-0.2, 0) is 11.8 Å². The molecular weight excluding hydrogens is 337 g/mol. The van der Waals surface area contributed by atoms with Gasteiger partial charge in [-0.05, 0) is 31.2 Å². The predicted molar refractivity (Wildman–Crippen MR) is 95.2 cm³/mol. The van der Waals surface area contributed by atoms with E-state index in [1.807, 2.05) is 6.92 Å². The molecular formula is C18H18FN5O2. The van der Waals surface area contributed by atoms with E-state index in [0.717, 1.165) is 11.1 Å². The monoisotopic (exact) mass is 355 g/mol. The molecule has 0 bridgehead atoms. The number of amides is 2. The van der Waals surface area contributed by atoms with Crippen LogP contribution in [0, 0.1) is 12.7 Å².